The van der Waals surface area contributed by atoms with Gasteiger partial charge < -0.3 is 10.2 Å². The molecule has 1 saturated heterocycles. The normalized spacial score (nSPS) is 27.9. The van der Waals surface area contributed by atoms with Crippen LogP contribution in [0.2, 0.25) is 5.02 Å². The van der Waals surface area contributed by atoms with Crippen LogP contribution in [0.3, 0.4) is 0 Å². The van der Waals surface area contributed by atoms with Crippen LogP contribution in [0.15, 0.2) is 18.2 Å². The van der Waals surface area contributed by atoms with Gasteiger partial charge in [-0.3, -0.25) is 9.59 Å². The Bertz CT molecular complexity index is 701. The number of fused-ring (bicyclic) bond motifs is 2. The van der Waals surface area contributed by atoms with Crippen molar-refractivity contribution in [2.24, 2.45) is 10.8 Å². The zero-order valence-corrected chi connectivity index (χ0v) is 15.5. The zero-order valence-electron chi connectivity index (χ0n) is 14.8. The molecule has 4 nitrogen and oxygen atoms in total. The Morgan fingerprint density at radius 3 is 2.67 bits per heavy atom. The van der Waals surface area contributed by atoms with Crippen LogP contribution in [0, 0.1) is 17.8 Å². The third-order valence-electron chi connectivity index (χ3n) is 5.39. The van der Waals surface area contributed by atoms with Crippen LogP contribution in [0.5, 0.6) is 0 Å². The highest BCUT2D eigenvalue weighted by Crippen LogP contribution is 2.52. The van der Waals surface area contributed by atoms with E-state index in [1.165, 1.54) is 0 Å². The Morgan fingerprint density at radius 2 is 1.96 bits per heavy atom. The molecule has 3 rings (SSSR count). The maximum atomic E-state index is 12.7. The maximum Gasteiger partial charge on any atom is 0.313 e. The fraction of sp³-hybridized carbons (Fsp3) is 0.579. The van der Waals surface area contributed by atoms with Crippen molar-refractivity contribution in [1.82, 2.24) is 4.90 Å². The van der Waals surface area contributed by atoms with E-state index in [-0.39, 0.29) is 16.9 Å². The molecule has 2 atom stereocenters. The summed E-state index contributed by atoms with van der Waals surface area (Å²) >= 11 is 6.08. The first-order valence-electron chi connectivity index (χ1n) is 8.47. The summed E-state index contributed by atoms with van der Waals surface area (Å²) in [5.74, 6) is -1.00. The second kappa shape index (κ2) is 5.76. The number of likely N-dealkylation sites (tertiary alicyclic amines) is 1. The van der Waals surface area contributed by atoms with E-state index in [1.54, 1.807) is 23.1 Å². The Kier molecular flexibility index (Phi) is 4.15. The van der Waals surface area contributed by atoms with Crippen LogP contribution < -0.4 is 5.32 Å². The fourth-order valence-corrected chi connectivity index (χ4v) is 4.92. The van der Waals surface area contributed by atoms with Gasteiger partial charge >= 0.3 is 11.8 Å². The second-order valence-corrected chi connectivity index (χ2v) is 8.92. The lowest BCUT2D eigenvalue weighted by atomic mass is 9.65. The van der Waals surface area contributed by atoms with Crippen molar-refractivity contribution in [1.29, 1.82) is 0 Å². The van der Waals surface area contributed by atoms with Gasteiger partial charge in [0.2, 0.25) is 0 Å². The van der Waals surface area contributed by atoms with Crippen molar-refractivity contribution in [3.8, 4) is 0 Å². The molecule has 2 unspecified atom stereocenters. The molecule has 24 heavy (non-hydrogen) atoms. The number of hydrogen-bond acceptors (Lipinski definition) is 2. The van der Waals surface area contributed by atoms with Crippen molar-refractivity contribution < 1.29 is 9.59 Å². The molecule has 0 spiro atoms. The van der Waals surface area contributed by atoms with E-state index in [2.05, 4.69) is 26.1 Å². The molecule has 2 fully saturated rings. The van der Waals surface area contributed by atoms with E-state index in [1.807, 2.05) is 6.92 Å². The number of carbonyl (C=O) groups excluding carboxylic acids is 2. The summed E-state index contributed by atoms with van der Waals surface area (Å²) in [4.78, 5) is 27.0. The van der Waals surface area contributed by atoms with E-state index >= 15 is 0 Å². The lowest BCUT2D eigenvalue weighted by Gasteiger charge is -2.39. The lowest BCUT2D eigenvalue weighted by Crippen LogP contribution is -2.43. The molecule has 1 aromatic rings. The predicted molar refractivity (Wildman–Crippen MR) is 96.1 cm³/mol. The van der Waals surface area contributed by atoms with Crippen molar-refractivity contribution in [2.45, 2.75) is 53.0 Å². The Labute approximate surface area is 148 Å². The van der Waals surface area contributed by atoms with Gasteiger partial charge in [-0.2, -0.15) is 0 Å². The number of rotatable bonds is 1. The van der Waals surface area contributed by atoms with Gasteiger partial charge in [-0.25, -0.2) is 0 Å². The highest BCUT2D eigenvalue weighted by atomic mass is 35.5. The lowest BCUT2D eigenvalue weighted by molar-refractivity contribution is -0.144. The topological polar surface area (TPSA) is 49.4 Å². The SMILES string of the molecule is Cc1c(Cl)cccc1NC(=O)C(=O)N1CC2(C)CC1CC(C)(C)C2. The van der Waals surface area contributed by atoms with Crippen molar-refractivity contribution in [3.63, 3.8) is 0 Å². The van der Waals surface area contributed by atoms with Crippen LogP contribution in [0.1, 0.15) is 45.6 Å². The number of nitrogens with zero attached hydrogens (tertiary/aromatic N) is 1. The maximum absolute atomic E-state index is 12.7. The standard InChI is InChI=1S/C19H25ClN2O2/c1-12-14(20)6-5-7-15(12)21-16(23)17(24)22-11-19(4)9-13(22)8-18(2,3)10-19/h5-7,13H,8-11H2,1-4H3,(H,21,23). The largest absolute Gasteiger partial charge is 0.331 e. The van der Waals surface area contributed by atoms with Gasteiger partial charge in [-0.05, 0) is 54.7 Å². The Balaban J connectivity index is 1.75. The average Bonchev–Trinajstić information content (AvgIpc) is 2.72. The smallest absolute Gasteiger partial charge is 0.313 e. The molecule has 130 valence electrons. The Morgan fingerprint density at radius 1 is 1.25 bits per heavy atom. The molecular formula is C19H25ClN2O2. The molecular weight excluding hydrogens is 324 g/mol. The highest BCUT2D eigenvalue weighted by molar-refractivity contribution is 6.40. The van der Waals surface area contributed by atoms with Gasteiger partial charge in [0.15, 0.2) is 0 Å². The van der Waals surface area contributed by atoms with Gasteiger partial charge in [-0.15, -0.1) is 0 Å². The van der Waals surface area contributed by atoms with Crippen molar-refractivity contribution >= 4 is 29.1 Å². The highest BCUT2D eigenvalue weighted by Gasteiger charge is 2.51. The quantitative estimate of drug-likeness (QED) is 0.779. The van der Waals surface area contributed by atoms with Crippen molar-refractivity contribution in [3.05, 3.63) is 28.8 Å². The molecule has 0 aromatic heterocycles. The number of halogens is 1. The summed E-state index contributed by atoms with van der Waals surface area (Å²) < 4.78 is 0. The van der Waals surface area contributed by atoms with Crippen LogP contribution in [0.25, 0.3) is 0 Å². The summed E-state index contributed by atoms with van der Waals surface area (Å²) in [5.41, 5.74) is 1.70. The fourth-order valence-electron chi connectivity index (χ4n) is 4.75. The first-order valence-corrected chi connectivity index (χ1v) is 8.85. The van der Waals surface area contributed by atoms with E-state index in [0.717, 1.165) is 24.8 Å². The monoisotopic (exact) mass is 348 g/mol. The Hall–Kier alpha value is -1.55. The van der Waals surface area contributed by atoms with Crippen molar-refractivity contribution in [2.75, 3.05) is 11.9 Å². The van der Waals surface area contributed by atoms with Gasteiger partial charge in [0.25, 0.3) is 0 Å². The average molecular weight is 349 g/mol. The summed E-state index contributed by atoms with van der Waals surface area (Å²) in [5, 5.41) is 3.30. The third kappa shape index (κ3) is 3.16. The summed E-state index contributed by atoms with van der Waals surface area (Å²) in [6.07, 6.45) is 3.04. The number of benzene rings is 1. The first kappa shape index (κ1) is 17.3. The number of anilines is 1. The molecule has 2 aliphatic rings. The second-order valence-electron chi connectivity index (χ2n) is 8.51. The molecule has 1 N–H and O–H groups in total. The molecule has 1 aromatic carbocycles. The predicted octanol–water partition coefficient (Wildman–Crippen LogP) is 4.01. The van der Waals surface area contributed by atoms with Gasteiger partial charge in [0.05, 0.1) is 0 Å². The minimum atomic E-state index is -0.575. The van der Waals surface area contributed by atoms with E-state index in [4.69, 9.17) is 11.6 Å². The minimum Gasteiger partial charge on any atom is -0.331 e. The summed E-state index contributed by atoms with van der Waals surface area (Å²) in [7, 11) is 0. The van der Waals surface area contributed by atoms with Crippen LogP contribution in [-0.2, 0) is 9.59 Å². The molecule has 2 amide bonds. The van der Waals surface area contributed by atoms with Gasteiger partial charge in [-0.1, -0.05) is 38.4 Å². The number of hydrogen-bond donors (Lipinski definition) is 1. The van der Waals surface area contributed by atoms with Gasteiger partial charge in [0, 0.05) is 23.3 Å². The molecule has 1 aliphatic heterocycles. The van der Waals surface area contributed by atoms with E-state index in [0.29, 0.717) is 17.3 Å². The number of carbonyl (C=O) groups is 2. The number of nitrogens with one attached hydrogen (secondary N) is 1. The molecule has 5 heteroatoms. The van der Waals surface area contributed by atoms with Gasteiger partial charge in [0.1, 0.15) is 0 Å². The summed E-state index contributed by atoms with van der Waals surface area (Å²) in [6, 6.07) is 5.46. The van der Waals surface area contributed by atoms with Crippen LogP contribution >= 0.6 is 11.6 Å². The zero-order chi connectivity index (χ0) is 17.7. The molecule has 1 heterocycles. The van der Waals surface area contributed by atoms with E-state index in [9.17, 15) is 9.59 Å². The third-order valence-corrected chi connectivity index (χ3v) is 5.80. The molecule has 2 bridgehead atoms. The van der Waals surface area contributed by atoms with Crippen LogP contribution in [-0.4, -0.2) is 29.3 Å². The van der Waals surface area contributed by atoms with E-state index < -0.39 is 11.8 Å². The first-order chi connectivity index (χ1) is 11.1. The van der Waals surface area contributed by atoms with Crippen LogP contribution in [0.4, 0.5) is 5.69 Å². The molecule has 1 aliphatic carbocycles. The number of amides is 2. The minimum absolute atomic E-state index is 0.119. The molecule has 1 saturated carbocycles. The molecule has 0 radical (unpaired) electrons. The summed E-state index contributed by atoms with van der Waals surface area (Å²) in [6.45, 7) is 9.23.